The summed E-state index contributed by atoms with van der Waals surface area (Å²) in [5.41, 5.74) is 0.771. The second kappa shape index (κ2) is 3.80. The number of aryl methyl sites for hydroxylation is 1. The molecule has 0 bridgehead atoms. The summed E-state index contributed by atoms with van der Waals surface area (Å²) >= 11 is 0. The molecule has 0 fully saturated rings. The van der Waals surface area contributed by atoms with Crippen LogP contribution >= 0.6 is 0 Å². The Morgan fingerprint density at radius 3 is 2.43 bits per heavy atom. The third kappa shape index (κ3) is 1.63. The van der Waals surface area contributed by atoms with Gasteiger partial charge >= 0.3 is 5.97 Å². The highest BCUT2D eigenvalue weighted by Crippen LogP contribution is 2.23. The van der Waals surface area contributed by atoms with Gasteiger partial charge in [-0.3, -0.25) is 0 Å². The topological polar surface area (TPSA) is 49.3 Å². The number of nitrogens with one attached hydrogen (secondary N) is 1. The van der Waals surface area contributed by atoms with E-state index in [1.807, 2.05) is 31.2 Å². The van der Waals surface area contributed by atoms with Crippen molar-refractivity contribution in [2.45, 2.75) is 19.4 Å². The molecule has 76 valence electrons. The second-order valence-electron chi connectivity index (χ2n) is 3.50. The fourth-order valence-electron chi connectivity index (χ4n) is 1.49. The van der Waals surface area contributed by atoms with Crippen LogP contribution in [0.4, 0.5) is 0 Å². The molecule has 0 aromatic heterocycles. The Labute approximate surface area is 83.8 Å². The molecule has 0 saturated carbocycles. The number of hydrogen-bond donors (Lipinski definition) is 2. The Morgan fingerprint density at radius 2 is 2.00 bits per heavy atom. The Bertz CT molecular complexity index is 349. The first-order chi connectivity index (χ1) is 6.52. The first-order valence-electron chi connectivity index (χ1n) is 4.51. The molecule has 1 aromatic carbocycles. The van der Waals surface area contributed by atoms with Crippen LogP contribution in [-0.4, -0.2) is 18.1 Å². The van der Waals surface area contributed by atoms with Gasteiger partial charge in [0, 0.05) is 0 Å². The summed E-state index contributed by atoms with van der Waals surface area (Å²) in [4.78, 5) is 11.1. The molecule has 3 heteroatoms. The van der Waals surface area contributed by atoms with Crippen LogP contribution in [0.2, 0.25) is 0 Å². The van der Waals surface area contributed by atoms with E-state index in [0.717, 1.165) is 11.1 Å². The van der Waals surface area contributed by atoms with Gasteiger partial charge < -0.3 is 10.4 Å². The average Bonchev–Trinajstić information content (AvgIpc) is 2.17. The van der Waals surface area contributed by atoms with Crippen LogP contribution in [0.15, 0.2) is 24.3 Å². The van der Waals surface area contributed by atoms with E-state index in [1.54, 1.807) is 14.0 Å². The predicted octanol–water partition coefficient (Wildman–Crippen LogP) is 1.51. The first-order valence-corrected chi connectivity index (χ1v) is 4.51. The second-order valence-corrected chi connectivity index (χ2v) is 3.50. The van der Waals surface area contributed by atoms with Gasteiger partial charge in [0.1, 0.15) is 5.54 Å². The van der Waals surface area contributed by atoms with Gasteiger partial charge in [0.15, 0.2) is 0 Å². The molecule has 1 aromatic rings. The molecule has 2 N–H and O–H groups in total. The average molecular weight is 193 g/mol. The number of carboxylic acids is 1. The smallest absolute Gasteiger partial charge is 0.328 e. The van der Waals surface area contributed by atoms with E-state index in [4.69, 9.17) is 5.11 Å². The van der Waals surface area contributed by atoms with Crippen LogP contribution in [0, 0.1) is 6.92 Å². The predicted molar refractivity (Wildman–Crippen MR) is 55.2 cm³/mol. The minimum atomic E-state index is -1.01. The van der Waals surface area contributed by atoms with Crippen LogP contribution in [-0.2, 0) is 10.3 Å². The summed E-state index contributed by atoms with van der Waals surface area (Å²) in [5.74, 6) is -0.866. The molecule has 3 nitrogen and oxygen atoms in total. The van der Waals surface area contributed by atoms with Gasteiger partial charge in [-0.2, -0.15) is 0 Å². The molecule has 1 atom stereocenters. The van der Waals surface area contributed by atoms with E-state index in [0.29, 0.717) is 0 Å². The van der Waals surface area contributed by atoms with Crippen LogP contribution in [0.5, 0.6) is 0 Å². The monoisotopic (exact) mass is 193 g/mol. The summed E-state index contributed by atoms with van der Waals surface area (Å²) in [6.45, 7) is 3.57. The maximum absolute atomic E-state index is 11.1. The Morgan fingerprint density at radius 1 is 1.43 bits per heavy atom. The van der Waals surface area contributed by atoms with Crippen LogP contribution in [0.25, 0.3) is 0 Å². The van der Waals surface area contributed by atoms with Crippen molar-refractivity contribution in [1.29, 1.82) is 0 Å². The lowest BCUT2D eigenvalue weighted by Crippen LogP contribution is -2.45. The van der Waals surface area contributed by atoms with E-state index in [-0.39, 0.29) is 0 Å². The molecule has 0 spiro atoms. The molecular weight excluding hydrogens is 178 g/mol. The largest absolute Gasteiger partial charge is 0.480 e. The normalized spacial score (nSPS) is 14.8. The summed E-state index contributed by atoms with van der Waals surface area (Å²) < 4.78 is 0. The van der Waals surface area contributed by atoms with Crippen molar-refractivity contribution in [2.24, 2.45) is 0 Å². The number of hydrogen-bond acceptors (Lipinski definition) is 2. The van der Waals surface area contributed by atoms with Crippen LogP contribution < -0.4 is 5.32 Å². The van der Waals surface area contributed by atoms with Gasteiger partial charge in [-0.25, -0.2) is 4.79 Å². The lowest BCUT2D eigenvalue weighted by molar-refractivity contribution is -0.144. The minimum Gasteiger partial charge on any atom is -0.480 e. The zero-order valence-corrected chi connectivity index (χ0v) is 8.66. The zero-order valence-electron chi connectivity index (χ0n) is 8.66. The van der Waals surface area contributed by atoms with Crippen molar-refractivity contribution in [3.63, 3.8) is 0 Å². The van der Waals surface area contributed by atoms with Crippen molar-refractivity contribution >= 4 is 5.97 Å². The summed E-state index contributed by atoms with van der Waals surface area (Å²) in [6, 6.07) is 7.49. The highest BCUT2D eigenvalue weighted by atomic mass is 16.4. The van der Waals surface area contributed by atoms with Gasteiger partial charge in [-0.05, 0) is 32.0 Å². The fourth-order valence-corrected chi connectivity index (χ4v) is 1.49. The van der Waals surface area contributed by atoms with Gasteiger partial charge in [0.2, 0.25) is 0 Å². The van der Waals surface area contributed by atoms with E-state index >= 15 is 0 Å². The number of aliphatic carboxylic acids is 1. The quantitative estimate of drug-likeness (QED) is 0.765. The Balaban J connectivity index is 3.26. The molecule has 0 heterocycles. The molecule has 14 heavy (non-hydrogen) atoms. The third-order valence-electron chi connectivity index (χ3n) is 2.61. The molecular formula is C11H15NO2. The SMILES string of the molecule is CN[C@@](C)(C(=O)O)c1ccccc1C. The highest BCUT2D eigenvalue weighted by Gasteiger charge is 2.34. The number of benzene rings is 1. The first kappa shape index (κ1) is 10.7. The fraction of sp³-hybridized carbons (Fsp3) is 0.364. The Kier molecular flexibility index (Phi) is 2.91. The van der Waals surface area contributed by atoms with E-state index < -0.39 is 11.5 Å². The van der Waals surface area contributed by atoms with Gasteiger partial charge in [-0.1, -0.05) is 24.3 Å². The van der Waals surface area contributed by atoms with Crippen LogP contribution in [0.3, 0.4) is 0 Å². The molecule has 0 aliphatic carbocycles. The van der Waals surface area contributed by atoms with Crippen molar-refractivity contribution in [1.82, 2.24) is 5.32 Å². The summed E-state index contributed by atoms with van der Waals surface area (Å²) in [5, 5.41) is 12.0. The Hall–Kier alpha value is -1.35. The van der Waals surface area contributed by atoms with Gasteiger partial charge in [0.05, 0.1) is 0 Å². The molecule has 1 rings (SSSR count). The maximum Gasteiger partial charge on any atom is 0.328 e. The van der Waals surface area contributed by atoms with E-state index in [2.05, 4.69) is 5.32 Å². The highest BCUT2D eigenvalue weighted by molar-refractivity contribution is 5.80. The lowest BCUT2D eigenvalue weighted by Gasteiger charge is -2.26. The maximum atomic E-state index is 11.1. The molecule has 0 amide bonds. The lowest BCUT2D eigenvalue weighted by atomic mass is 9.89. The number of rotatable bonds is 3. The molecule has 0 saturated heterocycles. The van der Waals surface area contributed by atoms with E-state index in [1.165, 1.54) is 0 Å². The number of carbonyl (C=O) groups is 1. The van der Waals surface area contributed by atoms with Gasteiger partial charge in [0.25, 0.3) is 0 Å². The number of carboxylic acid groups (broad SMARTS) is 1. The zero-order chi connectivity index (χ0) is 10.8. The van der Waals surface area contributed by atoms with Gasteiger partial charge in [-0.15, -0.1) is 0 Å². The van der Waals surface area contributed by atoms with Crippen molar-refractivity contribution < 1.29 is 9.90 Å². The van der Waals surface area contributed by atoms with Crippen molar-refractivity contribution in [3.8, 4) is 0 Å². The number of likely N-dealkylation sites (N-methyl/N-ethyl adjacent to an activating group) is 1. The molecule has 0 radical (unpaired) electrons. The minimum absolute atomic E-state index is 0.801. The van der Waals surface area contributed by atoms with Crippen molar-refractivity contribution in [2.75, 3.05) is 7.05 Å². The summed E-state index contributed by atoms with van der Waals surface area (Å²) in [7, 11) is 1.65. The standard InChI is InChI=1S/C11H15NO2/c1-8-6-4-5-7-9(8)11(2,12-3)10(13)14/h4-7,12H,1-3H3,(H,13,14)/t11-/m1/s1. The molecule has 0 unspecified atom stereocenters. The van der Waals surface area contributed by atoms with Crippen LogP contribution in [0.1, 0.15) is 18.1 Å². The summed E-state index contributed by atoms with van der Waals surface area (Å²) in [6.07, 6.45) is 0. The molecule has 0 aliphatic heterocycles. The van der Waals surface area contributed by atoms with E-state index in [9.17, 15) is 4.79 Å². The molecule has 0 aliphatic rings. The van der Waals surface area contributed by atoms with Crippen molar-refractivity contribution in [3.05, 3.63) is 35.4 Å². The third-order valence-corrected chi connectivity index (χ3v) is 2.61.